The van der Waals surface area contributed by atoms with Crippen LogP contribution in [0, 0.1) is 0 Å². The maximum Gasteiger partial charge on any atom is 0.396 e. The van der Waals surface area contributed by atoms with Gasteiger partial charge in [-0.15, -0.1) is 0 Å². The molecule has 0 unspecified atom stereocenters. The molecule has 0 fully saturated rings. The topological polar surface area (TPSA) is 56.5 Å². The van der Waals surface area contributed by atoms with Gasteiger partial charge < -0.3 is 9.15 Å². The Morgan fingerprint density at radius 3 is 2.78 bits per heavy atom. The van der Waals surface area contributed by atoms with Gasteiger partial charge in [0.2, 0.25) is 5.78 Å². The Morgan fingerprint density at radius 1 is 1.17 bits per heavy atom. The van der Waals surface area contributed by atoms with E-state index in [-0.39, 0.29) is 10.7 Å². The Balaban J connectivity index is 1.82. The Morgan fingerprint density at radius 2 is 2.00 bits per heavy atom. The lowest BCUT2D eigenvalue weighted by Crippen LogP contribution is -1.93. The first-order valence-electron chi connectivity index (χ1n) is 6.80. The van der Waals surface area contributed by atoms with Crippen LogP contribution in [0.25, 0.3) is 16.4 Å². The number of Topliss-reactive ketones (excluding diaryl/α,β-unsaturated/α-hetero) is 1. The van der Waals surface area contributed by atoms with Crippen LogP contribution >= 0.6 is 23.1 Å². The average molecular weight is 342 g/mol. The normalized spacial score (nSPS) is 15.3. The summed E-state index contributed by atoms with van der Waals surface area (Å²) in [4.78, 5) is 25.1. The van der Waals surface area contributed by atoms with Crippen molar-refractivity contribution in [1.29, 1.82) is 0 Å². The van der Waals surface area contributed by atoms with E-state index in [9.17, 15) is 9.59 Å². The van der Waals surface area contributed by atoms with Crippen LogP contribution in [0.4, 0.5) is 0 Å². The van der Waals surface area contributed by atoms with Crippen LogP contribution in [0.15, 0.2) is 55.4 Å². The van der Waals surface area contributed by atoms with Gasteiger partial charge in [-0.25, -0.2) is 4.79 Å². The van der Waals surface area contributed by atoms with Crippen molar-refractivity contribution in [3.05, 3.63) is 62.2 Å². The molecule has 3 aromatic rings. The number of carbonyl (C=O) groups is 1. The number of hydrogen-bond acceptors (Lipinski definition) is 6. The first kappa shape index (κ1) is 14.3. The Kier molecular flexibility index (Phi) is 3.36. The van der Waals surface area contributed by atoms with Crippen molar-refractivity contribution in [1.82, 2.24) is 0 Å². The Hall–Kier alpha value is -2.31. The highest BCUT2D eigenvalue weighted by molar-refractivity contribution is 8.04. The largest absolute Gasteiger partial charge is 0.493 e. The molecule has 6 heteroatoms. The van der Waals surface area contributed by atoms with E-state index >= 15 is 0 Å². The van der Waals surface area contributed by atoms with E-state index in [0.717, 1.165) is 27.4 Å². The van der Waals surface area contributed by atoms with Gasteiger partial charge >= 0.3 is 4.94 Å². The summed E-state index contributed by atoms with van der Waals surface area (Å²) in [7, 11) is 1.52. The van der Waals surface area contributed by atoms with Gasteiger partial charge in [0.15, 0.2) is 11.3 Å². The molecule has 4 nitrogen and oxygen atoms in total. The molecule has 0 saturated heterocycles. The fourth-order valence-electron chi connectivity index (χ4n) is 2.49. The van der Waals surface area contributed by atoms with Crippen molar-refractivity contribution in [2.75, 3.05) is 7.11 Å². The fourth-order valence-corrected chi connectivity index (χ4v) is 4.28. The second-order valence-electron chi connectivity index (χ2n) is 4.94. The van der Waals surface area contributed by atoms with Crippen molar-refractivity contribution in [3.8, 4) is 5.75 Å². The lowest BCUT2D eigenvalue weighted by molar-refractivity contribution is 0.104. The zero-order valence-electron chi connectivity index (χ0n) is 12.0. The standard InChI is InChI=1S/C17H10O4S2/c1-20-11-6-9(8-14-16(11)21-17(19)23-14)7-13-15(18)10-4-2-3-5-12(10)22-13/h2-8H,1H3/b13-7+. The molecule has 23 heavy (non-hydrogen) atoms. The van der Waals surface area contributed by atoms with Gasteiger partial charge in [-0.1, -0.05) is 35.2 Å². The smallest absolute Gasteiger partial charge is 0.396 e. The molecular formula is C17H10O4S2. The molecule has 1 aromatic heterocycles. The summed E-state index contributed by atoms with van der Waals surface area (Å²) in [6.45, 7) is 0. The molecule has 1 aliphatic heterocycles. The highest BCUT2D eigenvalue weighted by Gasteiger charge is 2.25. The molecular weight excluding hydrogens is 332 g/mol. The van der Waals surface area contributed by atoms with Crippen LogP contribution in [0.3, 0.4) is 0 Å². The summed E-state index contributed by atoms with van der Waals surface area (Å²) in [6, 6.07) is 11.1. The second kappa shape index (κ2) is 5.40. The number of carbonyl (C=O) groups excluding carboxylic acids is 1. The number of ketones is 1. The third-order valence-electron chi connectivity index (χ3n) is 3.51. The maximum absolute atomic E-state index is 12.4. The summed E-state index contributed by atoms with van der Waals surface area (Å²) in [5.74, 6) is 0.505. The number of benzene rings is 2. The number of fused-ring (bicyclic) bond motifs is 2. The summed E-state index contributed by atoms with van der Waals surface area (Å²) in [6.07, 6.45) is 1.82. The number of allylic oxidation sites excluding steroid dienone is 1. The van der Waals surface area contributed by atoms with Crippen molar-refractivity contribution in [3.63, 3.8) is 0 Å². The van der Waals surface area contributed by atoms with E-state index < -0.39 is 0 Å². The van der Waals surface area contributed by atoms with Gasteiger partial charge in [-0.2, -0.15) is 0 Å². The molecule has 0 N–H and O–H groups in total. The van der Waals surface area contributed by atoms with E-state index in [2.05, 4.69) is 0 Å². The van der Waals surface area contributed by atoms with E-state index in [1.807, 2.05) is 36.4 Å². The van der Waals surface area contributed by atoms with Crippen molar-refractivity contribution in [2.24, 2.45) is 0 Å². The van der Waals surface area contributed by atoms with Gasteiger partial charge in [0.25, 0.3) is 0 Å². The first-order valence-corrected chi connectivity index (χ1v) is 8.44. The van der Waals surface area contributed by atoms with Gasteiger partial charge in [-0.05, 0) is 35.9 Å². The average Bonchev–Trinajstić information content (AvgIpc) is 3.07. The van der Waals surface area contributed by atoms with Crippen LogP contribution in [0.5, 0.6) is 5.75 Å². The molecule has 114 valence electrons. The number of hydrogen-bond donors (Lipinski definition) is 0. The van der Waals surface area contributed by atoms with E-state index in [4.69, 9.17) is 9.15 Å². The summed E-state index contributed by atoms with van der Waals surface area (Å²) in [5, 5.41) is 0. The monoisotopic (exact) mass is 342 g/mol. The SMILES string of the molecule is COc1cc(/C=C2/Sc3ccccc3C2=O)cc2sc(=O)oc12. The van der Waals surface area contributed by atoms with E-state index in [0.29, 0.717) is 20.9 Å². The predicted molar refractivity (Wildman–Crippen MR) is 91.5 cm³/mol. The van der Waals surface area contributed by atoms with Crippen LogP contribution in [-0.4, -0.2) is 12.9 Å². The predicted octanol–water partition coefficient (Wildman–Crippen LogP) is 4.19. The molecule has 2 heterocycles. The van der Waals surface area contributed by atoms with Crippen molar-refractivity contribution < 1.29 is 13.9 Å². The number of rotatable bonds is 2. The van der Waals surface area contributed by atoms with Gasteiger partial charge in [0.1, 0.15) is 0 Å². The van der Waals surface area contributed by atoms with Crippen LogP contribution in [0.1, 0.15) is 15.9 Å². The molecule has 1 aliphatic rings. The first-order chi connectivity index (χ1) is 11.2. The molecule has 0 radical (unpaired) electrons. The molecule has 4 rings (SSSR count). The maximum atomic E-state index is 12.4. The number of ether oxygens (including phenoxy) is 1. The lowest BCUT2D eigenvalue weighted by Gasteiger charge is -2.02. The molecule has 0 aliphatic carbocycles. The van der Waals surface area contributed by atoms with Crippen LogP contribution < -0.4 is 9.68 Å². The quantitative estimate of drug-likeness (QED) is 0.654. The second-order valence-corrected chi connectivity index (χ2v) is 7.00. The minimum Gasteiger partial charge on any atom is -0.493 e. The summed E-state index contributed by atoms with van der Waals surface area (Å²) >= 11 is 2.47. The van der Waals surface area contributed by atoms with E-state index in [1.165, 1.54) is 18.9 Å². The van der Waals surface area contributed by atoms with Crippen LogP contribution in [-0.2, 0) is 0 Å². The van der Waals surface area contributed by atoms with Crippen molar-refractivity contribution >= 4 is 45.2 Å². The van der Waals surface area contributed by atoms with Gasteiger partial charge in [0.05, 0.1) is 16.7 Å². The lowest BCUT2D eigenvalue weighted by atomic mass is 10.1. The third kappa shape index (κ3) is 2.40. The van der Waals surface area contributed by atoms with Gasteiger partial charge in [0, 0.05) is 10.5 Å². The zero-order chi connectivity index (χ0) is 16.0. The number of thioether (sulfide) groups is 1. The highest BCUT2D eigenvalue weighted by Crippen LogP contribution is 2.41. The molecule has 0 atom stereocenters. The molecule has 2 aromatic carbocycles. The van der Waals surface area contributed by atoms with Gasteiger partial charge in [-0.3, -0.25) is 4.79 Å². The van der Waals surface area contributed by atoms with Crippen molar-refractivity contribution in [2.45, 2.75) is 4.90 Å². The minimum atomic E-state index is -0.373. The molecule has 0 spiro atoms. The molecule has 0 bridgehead atoms. The Labute approximate surface area is 139 Å². The van der Waals surface area contributed by atoms with E-state index in [1.54, 1.807) is 6.07 Å². The molecule has 0 amide bonds. The number of methoxy groups -OCH3 is 1. The summed E-state index contributed by atoms with van der Waals surface area (Å²) in [5.41, 5.74) is 1.97. The minimum absolute atomic E-state index is 0.0186. The zero-order valence-corrected chi connectivity index (χ0v) is 13.6. The third-order valence-corrected chi connectivity index (χ3v) is 5.39. The fraction of sp³-hybridized carbons (Fsp3) is 0.0588. The van der Waals surface area contributed by atoms with Crippen LogP contribution in [0.2, 0.25) is 0 Å². The summed E-state index contributed by atoms with van der Waals surface area (Å²) < 4.78 is 11.1. The highest BCUT2D eigenvalue weighted by atomic mass is 32.2. The Bertz CT molecular complexity index is 1030. The molecule has 0 saturated carbocycles.